The molecule has 4 nitrogen and oxygen atoms in total. The van der Waals surface area contributed by atoms with Crippen LogP contribution >= 0.6 is 0 Å². The highest BCUT2D eigenvalue weighted by molar-refractivity contribution is 5.84. The summed E-state index contributed by atoms with van der Waals surface area (Å²) in [6.45, 7) is 0. The summed E-state index contributed by atoms with van der Waals surface area (Å²) in [4.78, 5) is 11.2. The highest BCUT2D eigenvalue weighted by Gasteiger charge is 2.05. The fourth-order valence-corrected chi connectivity index (χ4v) is 1.20. The van der Waals surface area contributed by atoms with Crippen LogP contribution in [-0.2, 0) is 0 Å². The van der Waals surface area contributed by atoms with Crippen molar-refractivity contribution in [2.75, 3.05) is 7.11 Å². The molecule has 2 aromatic rings. The Bertz CT molecular complexity index is 462. The molecular formula is C9H7FN2O2. The minimum Gasteiger partial charge on any atom is -0.497 e. The SMILES string of the molecule is COc1ccc2c(OF)ncnc2c1. The number of halogens is 1. The summed E-state index contributed by atoms with van der Waals surface area (Å²) < 4.78 is 17.0. The number of hydrogen-bond acceptors (Lipinski definition) is 4. The zero-order chi connectivity index (χ0) is 9.97. The second-order valence-corrected chi connectivity index (χ2v) is 2.64. The van der Waals surface area contributed by atoms with Crippen molar-refractivity contribution >= 4 is 10.9 Å². The van der Waals surface area contributed by atoms with E-state index in [0.717, 1.165) is 0 Å². The number of fused-ring (bicyclic) bond motifs is 1. The first-order chi connectivity index (χ1) is 6.85. The molecule has 0 amide bonds. The van der Waals surface area contributed by atoms with E-state index in [4.69, 9.17) is 4.74 Å². The van der Waals surface area contributed by atoms with Crippen LogP contribution in [-0.4, -0.2) is 17.1 Å². The van der Waals surface area contributed by atoms with E-state index >= 15 is 0 Å². The van der Waals surface area contributed by atoms with Gasteiger partial charge in [-0.15, -0.1) is 0 Å². The molecule has 5 heteroatoms. The zero-order valence-electron chi connectivity index (χ0n) is 7.40. The van der Waals surface area contributed by atoms with Gasteiger partial charge in [-0.05, 0) is 12.1 Å². The Kier molecular flexibility index (Phi) is 2.14. The van der Waals surface area contributed by atoms with Gasteiger partial charge in [0.05, 0.1) is 18.0 Å². The van der Waals surface area contributed by atoms with E-state index in [9.17, 15) is 4.53 Å². The second-order valence-electron chi connectivity index (χ2n) is 2.64. The molecule has 0 fully saturated rings. The van der Waals surface area contributed by atoms with Crippen LogP contribution in [0.2, 0.25) is 0 Å². The van der Waals surface area contributed by atoms with Crippen LogP contribution in [0.1, 0.15) is 0 Å². The smallest absolute Gasteiger partial charge is 0.273 e. The van der Waals surface area contributed by atoms with E-state index in [1.807, 2.05) is 0 Å². The molecule has 0 bridgehead atoms. The molecule has 1 heterocycles. The molecule has 1 aromatic heterocycles. The van der Waals surface area contributed by atoms with Gasteiger partial charge in [-0.3, -0.25) is 4.94 Å². The van der Waals surface area contributed by atoms with Crippen molar-refractivity contribution in [3.63, 3.8) is 0 Å². The molecule has 0 spiro atoms. The van der Waals surface area contributed by atoms with Crippen molar-refractivity contribution in [1.82, 2.24) is 9.97 Å². The normalized spacial score (nSPS) is 10.1. The molecule has 0 atom stereocenters. The predicted molar refractivity (Wildman–Crippen MR) is 47.8 cm³/mol. The van der Waals surface area contributed by atoms with Crippen LogP contribution < -0.4 is 9.68 Å². The molecular weight excluding hydrogens is 187 g/mol. The summed E-state index contributed by atoms with van der Waals surface area (Å²) in [7, 11) is 1.55. The lowest BCUT2D eigenvalue weighted by molar-refractivity contribution is -0.00984. The maximum atomic E-state index is 12.0. The van der Waals surface area contributed by atoms with Crippen LogP contribution in [0.3, 0.4) is 0 Å². The molecule has 0 saturated carbocycles. The van der Waals surface area contributed by atoms with Gasteiger partial charge < -0.3 is 4.74 Å². The molecule has 0 radical (unpaired) electrons. The van der Waals surface area contributed by atoms with Gasteiger partial charge >= 0.3 is 0 Å². The van der Waals surface area contributed by atoms with E-state index in [1.54, 1.807) is 25.3 Å². The number of aromatic nitrogens is 2. The van der Waals surface area contributed by atoms with E-state index in [2.05, 4.69) is 14.9 Å². The Morgan fingerprint density at radius 1 is 1.29 bits per heavy atom. The number of ether oxygens (including phenoxy) is 1. The van der Waals surface area contributed by atoms with Gasteiger partial charge in [0.15, 0.2) is 0 Å². The molecule has 72 valence electrons. The standard InChI is InChI=1S/C9H7FN2O2/c1-13-6-2-3-7-8(4-6)11-5-12-9(7)14-10/h2-5H,1H3. The summed E-state index contributed by atoms with van der Waals surface area (Å²) in [5.41, 5.74) is 0.576. The molecule has 0 unspecified atom stereocenters. The van der Waals surface area contributed by atoms with Gasteiger partial charge in [0.25, 0.3) is 5.88 Å². The Labute approximate surface area is 79.2 Å². The Balaban J connectivity index is 2.67. The average Bonchev–Trinajstić information content (AvgIpc) is 2.27. The van der Waals surface area contributed by atoms with Crippen molar-refractivity contribution in [3.8, 4) is 11.6 Å². The average molecular weight is 194 g/mol. The Morgan fingerprint density at radius 2 is 2.14 bits per heavy atom. The summed E-state index contributed by atoms with van der Waals surface area (Å²) >= 11 is 0. The first-order valence-electron chi connectivity index (χ1n) is 3.92. The Hall–Kier alpha value is -1.91. The van der Waals surface area contributed by atoms with Gasteiger partial charge in [0, 0.05) is 10.6 Å². The van der Waals surface area contributed by atoms with Crippen molar-refractivity contribution in [2.24, 2.45) is 0 Å². The molecule has 2 rings (SSSR count). The number of benzene rings is 1. The third kappa shape index (κ3) is 1.32. The van der Waals surface area contributed by atoms with Gasteiger partial charge in [0.1, 0.15) is 12.1 Å². The number of rotatable bonds is 2. The van der Waals surface area contributed by atoms with Crippen molar-refractivity contribution in [1.29, 1.82) is 0 Å². The minimum atomic E-state index is -0.0855. The van der Waals surface area contributed by atoms with Crippen molar-refractivity contribution in [2.45, 2.75) is 0 Å². The van der Waals surface area contributed by atoms with Gasteiger partial charge in [-0.25, -0.2) is 4.98 Å². The van der Waals surface area contributed by atoms with E-state index in [0.29, 0.717) is 16.7 Å². The molecule has 14 heavy (non-hydrogen) atoms. The second kappa shape index (κ2) is 3.45. The van der Waals surface area contributed by atoms with Gasteiger partial charge in [-0.1, -0.05) is 0 Å². The number of nitrogens with zero attached hydrogens (tertiary/aromatic N) is 2. The number of methoxy groups -OCH3 is 1. The van der Waals surface area contributed by atoms with Gasteiger partial charge in [0.2, 0.25) is 0 Å². The molecule has 0 aliphatic rings. The topological polar surface area (TPSA) is 44.2 Å². The highest BCUT2D eigenvalue weighted by Crippen LogP contribution is 2.24. The maximum Gasteiger partial charge on any atom is 0.273 e. The first kappa shape index (κ1) is 8.68. The molecule has 0 aliphatic heterocycles. The predicted octanol–water partition coefficient (Wildman–Crippen LogP) is 1.90. The largest absolute Gasteiger partial charge is 0.497 e. The fraction of sp³-hybridized carbons (Fsp3) is 0.111. The minimum absolute atomic E-state index is 0.0855. The van der Waals surface area contributed by atoms with Crippen LogP contribution in [0.15, 0.2) is 24.5 Å². The summed E-state index contributed by atoms with van der Waals surface area (Å²) in [5, 5.41) is 0.510. The molecule has 0 N–H and O–H groups in total. The lowest BCUT2D eigenvalue weighted by atomic mass is 10.2. The van der Waals surface area contributed by atoms with Crippen LogP contribution in [0.5, 0.6) is 11.6 Å². The zero-order valence-corrected chi connectivity index (χ0v) is 7.40. The monoisotopic (exact) mass is 194 g/mol. The van der Waals surface area contributed by atoms with Crippen LogP contribution in [0.4, 0.5) is 4.53 Å². The Morgan fingerprint density at radius 3 is 2.86 bits per heavy atom. The third-order valence-electron chi connectivity index (χ3n) is 1.88. The quantitative estimate of drug-likeness (QED) is 0.732. The lowest BCUT2D eigenvalue weighted by Gasteiger charge is -2.02. The molecule has 0 aliphatic carbocycles. The van der Waals surface area contributed by atoms with Crippen molar-refractivity contribution < 1.29 is 14.2 Å². The van der Waals surface area contributed by atoms with Crippen LogP contribution in [0, 0.1) is 0 Å². The third-order valence-corrected chi connectivity index (χ3v) is 1.88. The van der Waals surface area contributed by atoms with Crippen molar-refractivity contribution in [3.05, 3.63) is 24.5 Å². The van der Waals surface area contributed by atoms with E-state index in [1.165, 1.54) is 6.33 Å². The maximum absolute atomic E-state index is 12.0. The first-order valence-corrected chi connectivity index (χ1v) is 3.92. The fourth-order valence-electron chi connectivity index (χ4n) is 1.20. The van der Waals surface area contributed by atoms with Crippen LogP contribution in [0.25, 0.3) is 10.9 Å². The lowest BCUT2D eigenvalue weighted by Crippen LogP contribution is -1.89. The summed E-state index contributed by atoms with van der Waals surface area (Å²) in [6, 6.07) is 5.01. The molecule has 1 aromatic carbocycles. The van der Waals surface area contributed by atoms with E-state index in [-0.39, 0.29) is 5.88 Å². The summed E-state index contributed by atoms with van der Waals surface area (Å²) in [6.07, 6.45) is 1.23. The molecule has 0 saturated heterocycles. The number of hydrogen-bond donors (Lipinski definition) is 0. The highest BCUT2D eigenvalue weighted by atomic mass is 19.3. The van der Waals surface area contributed by atoms with E-state index < -0.39 is 0 Å². The summed E-state index contributed by atoms with van der Waals surface area (Å²) in [5.74, 6) is 0.568. The van der Waals surface area contributed by atoms with Gasteiger partial charge in [-0.2, -0.15) is 4.98 Å².